The van der Waals surface area contributed by atoms with Crippen LogP contribution in [0.5, 0.6) is 0 Å². The minimum Gasteiger partial charge on any atom is -0.317 e. The van der Waals surface area contributed by atoms with E-state index < -0.39 is 0 Å². The third kappa shape index (κ3) is 3.43. The Hall–Kier alpha value is -0.340. The predicted molar refractivity (Wildman–Crippen MR) is 65.5 cm³/mol. The van der Waals surface area contributed by atoms with Gasteiger partial charge in [-0.25, -0.2) is 0 Å². The summed E-state index contributed by atoms with van der Waals surface area (Å²) >= 11 is 3.49. The summed E-state index contributed by atoms with van der Waals surface area (Å²) in [5.41, 5.74) is 1.40. The maximum atomic E-state index is 3.49. The molecule has 1 nitrogen and oxygen atoms in total. The molecule has 2 unspecified atom stereocenters. The zero-order valence-corrected chi connectivity index (χ0v) is 10.6. The van der Waals surface area contributed by atoms with Gasteiger partial charge in [-0.1, -0.05) is 35.0 Å². The highest BCUT2D eigenvalue weighted by atomic mass is 79.9. The summed E-state index contributed by atoms with van der Waals surface area (Å²) < 4.78 is 1.17. The van der Waals surface area contributed by atoms with Crippen LogP contribution < -0.4 is 5.32 Å². The van der Waals surface area contributed by atoms with Crippen LogP contribution >= 0.6 is 15.9 Å². The van der Waals surface area contributed by atoms with Crippen LogP contribution in [0.3, 0.4) is 0 Å². The Morgan fingerprint density at radius 2 is 2.07 bits per heavy atom. The van der Waals surface area contributed by atoms with E-state index >= 15 is 0 Å². The Morgan fingerprint density at radius 1 is 1.36 bits per heavy atom. The fourth-order valence-corrected chi connectivity index (χ4v) is 1.94. The van der Waals surface area contributed by atoms with E-state index in [1.54, 1.807) is 0 Å². The molecule has 0 aliphatic heterocycles. The Kier molecular flexibility index (Phi) is 4.63. The van der Waals surface area contributed by atoms with E-state index in [2.05, 4.69) is 59.4 Å². The van der Waals surface area contributed by atoms with Crippen molar-refractivity contribution in [1.82, 2.24) is 5.32 Å². The predicted octanol–water partition coefficient (Wildman–Crippen LogP) is 3.24. The lowest BCUT2D eigenvalue weighted by molar-refractivity contribution is 0.424. The lowest BCUT2D eigenvalue weighted by Gasteiger charge is -2.19. The fourth-order valence-electron chi connectivity index (χ4n) is 1.50. The smallest absolute Gasteiger partial charge is 0.0177 e. The minimum absolute atomic E-state index is 0.564. The van der Waals surface area contributed by atoms with Gasteiger partial charge in [-0.2, -0.15) is 0 Å². The molecule has 0 aliphatic carbocycles. The lowest BCUT2D eigenvalue weighted by Crippen LogP contribution is -2.29. The van der Waals surface area contributed by atoms with Crippen molar-refractivity contribution in [2.24, 2.45) is 5.92 Å². The van der Waals surface area contributed by atoms with Gasteiger partial charge < -0.3 is 5.32 Å². The van der Waals surface area contributed by atoms with Crippen molar-refractivity contribution in [3.63, 3.8) is 0 Å². The van der Waals surface area contributed by atoms with Gasteiger partial charge in [0, 0.05) is 10.5 Å². The monoisotopic (exact) mass is 255 g/mol. The van der Waals surface area contributed by atoms with E-state index in [4.69, 9.17) is 0 Å². The van der Waals surface area contributed by atoms with Gasteiger partial charge in [0.05, 0.1) is 0 Å². The van der Waals surface area contributed by atoms with Gasteiger partial charge in [0.2, 0.25) is 0 Å². The average Bonchev–Trinajstić information content (AvgIpc) is 2.16. The molecule has 0 heterocycles. The van der Waals surface area contributed by atoms with E-state index in [1.807, 2.05) is 7.05 Å². The molecule has 0 fully saturated rings. The second-order valence-electron chi connectivity index (χ2n) is 3.89. The van der Waals surface area contributed by atoms with Crippen LogP contribution in [0.1, 0.15) is 19.4 Å². The third-order valence-corrected chi connectivity index (χ3v) is 3.25. The summed E-state index contributed by atoms with van der Waals surface area (Å²) in [6.07, 6.45) is 1.13. The van der Waals surface area contributed by atoms with Crippen LogP contribution in [-0.4, -0.2) is 13.1 Å². The topological polar surface area (TPSA) is 12.0 Å². The first kappa shape index (κ1) is 11.7. The summed E-state index contributed by atoms with van der Waals surface area (Å²) in [5, 5.41) is 3.29. The summed E-state index contributed by atoms with van der Waals surface area (Å²) in [6, 6.07) is 9.10. The van der Waals surface area contributed by atoms with Crippen molar-refractivity contribution in [3.05, 3.63) is 34.3 Å². The first-order valence-corrected chi connectivity index (χ1v) is 5.84. The molecule has 1 N–H and O–H groups in total. The highest BCUT2D eigenvalue weighted by molar-refractivity contribution is 9.10. The van der Waals surface area contributed by atoms with Crippen molar-refractivity contribution >= 4 is 15.9 Å². The van der Waals surface area contributed by atoms with Crippen LogP contribution in [0.4, 0.5) is 0 Å². The minimum atomic E-state index is 0.564. The highest BCUT2D eigenvalue weighted by Crippen LogP contribution is 2.16. The fraction of sp³-hybridized carbons (Fsp3) is 0.500. The Labute approximate surface area is 95.0 Å². The molecule has 0 amide bonds. The maximum Gasteiger partial charge on any atom is 0.0177 e. The van der Waals surface area contributed by atoms with Gasteiger partial charge >= 0.3 is 0 Å². The van der Waals surface area contributed by atoms with Crippen LogP contribution in [-0.2, 0) is 6.42 Å². The Balaban J connectivity index is 2.60. The number of hydrogen-bond acceptors (Lipinski definition) is 1. The standard InChI is InChI=1S/C12H18BrN/c1-9(10(2)14-3)7-11-5-4-6-12(13)8-11/h4-6,8-10,14H,7H2,1-3H3. The molecule has 2 heteroatoms. The van der Waals surface area contributed by atoms with Gasteiger partial charge in [-0.05, 0) is 44.0 Å². The molecule has 1 aromatic rings. The summed E-state index contributed by atoms with van der Waals surface area (Å²) in [7, 11) is 2.02. The van der Waals surface area contributed by atoms with Crippen molar-refractivity contribution < 1.29 is 0 Å². The summed E-state index contributed by atoms with van der Waals surface area (Å²) in [4.78, 5) is 0. The molecular formula is C12H18BrN. The zero-order chi connectivity index (χ0) is 10.6. The van der Waals surface area contributed by atoms with Gasteiger partial charge in [0.25, 0.3) is 0 Å². The zero-order valence-electron chi connectivity index (χ0n) is 9.05. The SMILES string of the molecule is CNC(C)C(C)Cc1cccc(Br)c1. The molecule has 0 spiro atoms. The number of hydrogen-bond donors (Lipinski definition) is 1. The van der Waals surface area contributed by atoms with Crippen molar-refractivity contribution in [1.29, 1.82) is 0 Å². The van der Waals surface area contributed by atoms with Crippen molar-refractivity contribution in [2.45, 2.75) is 26.3 Å². The highest BCUT2D eigenvalue weighted by Gasteiger charge is 2.10. The molecule has 0 radical (unpaired) electrons. The molecule has 78 valence electrons. The molecule has 1 aromatic carbocycles. The quantitative estimate of drug-likeness (QED) is 0.872. The summed E-state index contributed by atoms with van der Waals surface area (Å²) in [5.74, 6) is 0.661. The number of halogens is 1. The normalized spacial score (nSPS) is 15.1. The molecule has 1 rings (SSSR count). The van der Waals surface area contributed by atoms with Crippen molar-refractivity contribution in [3.8, 4) is 0 Å². The second kappa shape index (κ2) is 5.52. The Morgan fingerprint density at radius 3 is 2.64 bits per heavy atom. The average molecular weight is 256 g/mol. The molecule has 0 bridgehead atoms. The van der Waals surface area contributed by atoms with E-state index in [0.29, 0.717) is 12.0 Å². The number of nitrogens with one attached hydrogen (secondary N) is 1. The van der Waals surface area contributed by atoms with Crippen LogP contribution in [0.25, 0.3) is 0 Å². The van der Waals surface area contributed by atoms with E-state index in [9.17, 15) is 0 Å². The van der Waals surface area contributed by atoms with Gasteiger partial charge in [0.1, 0.15) is 0 Å². The van der Waals surface area contributed by atoms with Gasteiger partial charge in [0.15, 0.2) is 0 Å². The van der Waals surface area contributed by atoms with Gasteiger partial charge in [-0.15, -0.1) is 0 Å². The Bertz CT molecular complexity index is 285. The first-order valence-electron chi connectivity index (χ1n) is 5.05. The first-order chi connectivity index (χ1) is 6.63. The van der Waals surface area contributed by atoms with Crippen molar-refractivity contribution in [2.75, 3.05) is 7.05 Å². The number of benzene rings is 1. The van der Waals surface area contributed by atoms with Gasteiger partial charge in [-0.3, -0.25) is 0 Å². The molecule has 0 aromatic heterocycles. The molecule has 14 heavy (non-hydrogen) atoms. The number of rotatable bonds is 4. The largest absolute Gasteiger partial charge is 0.317 e. The molecule has 2 atom stereocenters. The van der Waals surface area contributed by atoms with E-state index in [0.717, 1.165) is 6.42 Å². The van der Waals surface area contributed by atoms with Crippen LogP contribution in [0.15, 0.2) is 28.7 Å². The maximum absolute atomic E-state index is 3.49. The molecular weight excluding hydrogens is 238 g/mol. The van der Waals surface area contributed by atoms with E-state index in [-0.39, 0.29) is 0 Å². The van der Waals surface area contributed by atoms with Crippen LogP contribution in [0.2, 0.25) is 0 Å². The third-order valence-electron chi connectivity index (χ3n) is 2.76. The molecule has 0 aliphatic rings. The summed E-state index contributed by atoms with van der Waals surface area (Å²) in [6.45, 7) is 4.50. The van der Waals surface area contributed by atoms with E-state index in [1.165, 1.54) is 10.0 Å². The van der Waals surface area contributed by atoms with Crippen LogP contribution in [0, 0.1) is 5.92 Å². The second-order valence-corrected chi connectivity index (χ2v) is 4.80. The molecule has 0 saturated heterocycles. The molecule has 0 saturated carbocycles. The lowest BCUT2D eigenvalue weighted by atomic mass is 9.95.